The van der Waals surface area contributed by atoms with Crippen molar-refractivity contribution in [2.75, 3.05) is 13.4 Å². The summed E-state index contributed by atoms with van der Waals surface area (Å²) in [4.78, 5) is 22.2. The molecule has 0 bridgehead atoms. The number of benzene rings is 1. The van der Waals surface area contributed by atoms with Crippen LogP contribution in [0.3, 0.4) is 0 Å². The van der Waals surface area contributed by atoms with E-state index in [0.29, 0.717) is 6.61 Å². The smallest absolute Gasteiger partial charge is 0.416 e. The number of carbonyl (C=O) groups excluding carboxylic acids is 1. The van der Waals surface area contributed by atoms with E-state index < -0.39 is 17.5 Å². The molecule has 11 heteroatoms. The lowest BCUT2D eigenvalue weighted by molar-refractivity contribution is -0.137. The quantitative estimate of drug-likeness (QED) is 0.164. The van der Waals surface area contributed by atoms with Crippen LogP contribution >= 0.6 is 0 Å². The Morgan fingerprint density at radius 2 is 2.07 bits per heavy atom. The molecule has 0 unspecified atom stereocenters. The molecule has 0 aliphatic rings. The normalized spacial score (nSPS) is 11.1. The van der Waals surface area contributed by atoms with Gasteiger partial charge < -0.3 is 9.47 Å². The van der Waals surface area contributed by atoms with Gasteiger partial charge in [0, 0.05) is 24.0 Å². The van der Waals surface area contributed by atoms with Crippen molar-refractivity contribution < 1.29 is 27.4 Å². The van der Waals surface area contributed by atoms with Crippen molar-refractivity contribution >= 4 is 11.6 Å². The van der Waals surface area contributed by atoms with E-state index >= 15 is 0 Å². The molecule has 0 N–H and O–H groups in total. The molecule has 1 heterocycles. The highest BCUT2D eigenvalue weighted by atomic mass is 19.4. The fourth-order valence-electron chi connectivity index (χ4n) is 2.41. The van der Waals surface area contributed by atoms with Crippen molar-refractivity contribution in [3.8, 4) is 17.0 Å². The first-order valence-corrected chi connectivity index (χ1v) is 8.04. The summed E-state index contributed by atoms with van der Waals surface area (Å²) in [6, 6.07) is 1.77. The molecule has 0 saturated heterocycles. The van der Waals surface area contributed by atoms with Crippen LogP contribution in [0.25, 0.3) is 21.7 Å². The second-order valence-electron chi connectivity index (χ2n) is 5.59. The number of aromatic nitrogens is 2. The zero-order valence-electron chi connectivity index (χ0n) is 15.2. The first-order chi connectivity index (χ1) is 13.2. The van der Waals surface area contributed by atoms with Crippen LogP contribution in [-0.4, -0.2) is 29.2 Å². The lowest BCUT2D eigenvalue weighted by Gasteiger charge is -2.17. The number of hydrogen-bond donors (Lipinski definition) is 0. The maximum absolute atomic E-state index is 13.2. The van der Waals surface area contributed by atoms with Gasteiger partial charge in [-0.1, -0.05) is 0 Å². The third-order valence-corrected chi connectivity index (χ3v) is 3.61. The Morgan fingerprint density at radius 3 is 2.64 bits per heavy atom. The Morgan fingerprint density at radius 1 is 1.36 bits per heavy atom. The summed E-state index contributed by atoms with van der Waals surface area (Å²) in [5.74, 6) is -0.876. The van der Waals surface area contributed by atoms with Crippen molar-refractivity contribution in [1.29, 1.82) is 0 Å². The molecule has 148 valence electrons. The van der Waals surface area contributed by atoms with E-state index in [1.54, 1.807) is 6.92 Å². The van der Waals surface area contributed by atoms with Gasteiger partial charge in [0.05, 0.1) is 17.5 Å². The molecule has 0 saturated carbocycles. The van der Waals surface area contributed by atoms with Crippen LogP contribution < -0.4 is 4.74 Å². The third-order valence-electron chi connectivity index (χ3n) is 3.61. The molecule has 2 rings (SSSR count). The standard InChI is InChI=1S/C17H16F3N5O3/c1-4-27-8-28-13-6-11(17(18,19)20)5-9(2)14(13)12-7-22-15(10(3)26)16(23-12)24-25-21/h5-7H,4,8H2,1-3H3. The predicted octanol–water partition coefficient (Wildman–Crippen LogP) is 4.99. The highest BCUT2D eigenvalue weighted by Gasteiger charge is 2.32. The zero-order chi connectivity index (χ0) is 20.9. The Labute approximate surface area is 158 Å². The summed E-state index contributed by atoms with van der Waals surface area (Å²) in [5, 5.41) is 3.35. The second kappa shape index (κ2) is 8.68. The first-order valence-electron chi connectivity index (χ1n) is 8.04. The van der Waals surface area contributed by atoms with E-state index in [0.717, 1.165) is 12.1 Å². The van der Waals surface area contributed by atoms with Crippen molar-refractivity contribution in [3.63, 3.8) is 0 Å². The number of halogens is 3. The summed E-state index contributed by atoms with van der Waals surface area (Å²) in [7, 11) is 0. The van der Waals surface area contributed by atoms with E-state index in [4.69, 9.17) is 15.0 Å². The Hall–Kier alpha value is -3.17. The number of azide groups is 1. The third kappa shape index (κ3) is 4.76. The number of alkyl halides is 3. The number of ether oxygens (including phenoxy) is 2. The SMILES string of the molecule is CCOCOc1cc(C(F)(F)F)cc(C)c1-c1cnc(C(C)=O)c(N=[N+]=[N-])n1. The number of hydrogen-bond acceptors (Lipinski definition) is 6. The molecule has 0 spiro atoms. The highest BCUT2D eigenvalue weighted by molar-refractivity contribution is 5.96. The molecule has 0 aliphatic heterocycles. The number of rotatable bonds is 7. The second-order valence-corrected chi connectivity index (χ2v) is 5.59. The first kappa shape index (κ1) is 21.1. The lowest BCUT2D eigenvalue weighted by atomic mass is 10.0. The van der Waals surface area contributed by atoms with Crippen LogP contribution in [0, 0.1) is 6.92 Å². The molecule has 0 aliphatic carbocycles. The van der Waals surface area contributed by atoms with Crippen LogP contribution in [-0.2, 0) is 10.9 Å². The van der Waals surface area contributed by atoms with Gasteiger partial charge in [-0.05, 0) is 42.2 Å². The van der Waals surface area contributed by atoms with Gasteiger partial charge in [-0.15, -0.1) is 0 Å². The van der Waals surface area contributed by atoms with E-state index in [2.05, 4.69) is 20.0 Å². The minimum Gasteiger partial charge on any atom is -0.467 e. The lowest BCUT2D eigenvalue weighted by Crippen LogP contribution is -2.10. The number of nitrogens with zero attached hydrogens (tertiary/aromatic N) is 5. The van der Waals surface area contributed by atoms with Crippen molar-refractivity contribution in [2.24, 2.45) is 5.11 Å². The molecular weight excluding hydrogens is 379 g/mol. The minimum absolute atomic E-state index is 0.0881. The summed E-state index contributed by atoms with van der Waals surface area (Å²) < 4.78 is 49.9. The van der Waals surface area contributed by atoms with Gasteiger partial charge in [-0.3, -0.25) is 4.79 Å². The van der Waals surface area contributed by atoms with Gasteiger partial charge >= 0.3 is 6.18 Å². The van der Waals surface area contributed by atoms with Crippen LogP contribution in [0.4, 0.5) is 19.0 Å². The average Bonchev–Trinajstić information content (AvgIpc) is 2.61. The molecular formula is C17H16F3N5O3. The van der Waals surface area contributed by atoms with Gasteiger partial charge in [-0.25, -0.2) is 9.97 Å². The molecule has 8 nitrogen and oxygen atoms in total. The van der Waals surface area contributed by atoms with Gasteiger partial charge in [0.25, 0.3) is 0 Å². The summed E-state index contributed by atoms with van der Waals surface area (Å²) in [6.45, 7) is 4.42. The van der Waals surface area contributed by atoms with Crippen molar-refractivity contribution in [3.05, 3.63) is 45.6 Å². The van der Waals surface area contributed by atoms with Gasteiger partial charge in [0.15, 0.2) is 18.4 Å². The minimum atomic E-state index is -4.58. The van der Waals surface area contributed by atoms with Gasteiger partial charge in [0.1, 0.15) is 11.4 Å². The summed E-state index contributed by atoms with van der Waals surface area (Å²) >= 11 is 0. The highest BCUT2D eigenvalue weighted by Crippen LogP contribution is 2.39. The molecule has 2 aromatic rings. The molecule has 28 heavy (non-hydrogen) atoms. The number of ketones is 1. The maximum Gasteiger partial charge on any atom is 0.416 e. The van der Waals surface area contributed by atoms with Crippen LogP contribution in [0.2, 0.25) is 0 Å². The Balaban J connectivity index is 2.67. The fraction of sp³-hybridized carbons (Fsp3) is 0.353. The monoisotopic (exact) mass is 395 g/mol. The topological polar surface area (TPSA) is 110 Å². The molecule has 0 atom stereocenters. The fourth-order valence-corrected chi connectivity index (χ4v) is 2.41. The van der Waals surface area contributed by atoms with Crippen molar-refractivity contribution in [2.45, 2.75) is 26.9 Å². The largest absolute Gasteiger partial charge is 0.467 e. The Kier molecular flexibility index (Phi) is 6.55. The molecule has 1 aromatic heterocycles. The van der Waals surface area contributed by atoms with E-state index in [1.165, 1.54) is 20.0 Å². The van der Waals surface area contributed by atoms with Crippen molar-refractivity contribution in [1.82, 2.24) is 9.97 Å². The predicted molar refractivity (Wildman–Crippen MR) is 93.1 cm³/mol. The molecule has 0 radical (unpaired) electrons. The van der Waals surface area contributed by atoms with Crippen LogP contribution in [0.1, 0.15) is 35.5 Å². The molecule has 1 aromatic carbocycles. The average molecular weight is 395 g/mol. The van der Waals surface area contributed by atoms with E-state index in [1.807, 2.05) is 0 Å². The zero-order valence-corrected chi connectivity index (χ0v) is 15.2. The van der Waals surface area contributed by atoms with Gasteiger partial charge in [0.2, 0.25) is 0 Å². The van der Waals surface area contributed by atoms with Crippen LogP contribution in [0.5, 0.6) is 5.75 Å². The van der Waals surface area contributed by atoms with Crippen LogP contribution in [0.15, 0.2) is 23.4 Å². The molecule has 0 amide bonds. The van der Waals surface area contributed by atoms with E-state index in [-0.39, 0.29) is 40.9 Å². The summed E-state index contributed by atoms with van der Waals surface area (Å²) in [5.41, 5.74) is 8.14. The van der Waals surface area contributed by atoms with E-state index in [9.17, 15) is 18.0 Å². The summed E-state index contributed by atoms with van der Waals surface area (Å²) in [6.07, 6.45) is -3.37. The number of carbonyl (C=O) groups is 1. The number of aryl methyl sites for hydroxylation is 1. The number of Topliss-reactive ketones (excluding diaryl/α,β-unsaturated/α-hetero) is 1. The maximum atomic E-state index is 13.2. The van der Waals surface area contributed by atoms with Gasteiger partial charge in [-0.2, -0.15) is 13.2 Å². The Bertz CT molecular complexity index is 940. The molecule has 0 fully saturated rings.